The minimum atomic E-state index is -1.51. The van der Waals surface area contributed by atoms with E-state index in [-0.39, 0.29) is 0 Å². The highest BCUT2D eigenvalue weighted by Gasteiger charge is 2.16. The van der Waals surface area contributed by atoms with E-state index in [1.54, 1.807) is 6.07 Å². The number of hydrogen-bond acceptors (Lipinski definition) is 4. The summed E-state index contributed by atoms with van der Waals surface area (Å²) in [5.74, 6) is 0. The van der Waals surface area contributed by atoms with Crippen LogP contribution in [0.25, 0.3) is 11.1 Å². The lowest BCUT2D eigenvalue weighted by Gasteiger charge is -1.97. The molecule has 4 nitrogen and oxygen atoms in total. The van der Waals surface area contributed by atoms with E-state index in [0.717, 1.165) is 0 Å². The van der Waals surface area contributed by atoms with E-state index in [4.69, 9.17) is 14.5 Å². The molecule has 2 N–H and O–H groups in total. The summed E-state index contributed by atoms with van der Waals surface area (Å²) < 4.78 is 5.03. The van der Waals surface area contributed by atoms with Crippen LogP contribution in [0.3, 0.4) is 0 Å². The highest BCUT2D eigenvalue weighted by molar-refractivity contribution is 6.61. The maximum Gasteiger partial charge on any atom is 0.492 e. The largest absolute Gasteiger partial charge is 0.492 e. The molecule has 0 aliphatic heterocycles. The molecule has 0 spiro atoms. The lowest BCUT2D eigenvalue weighted by Crippen LogP contribution is -2.30. The Bertz CT molecular complexity index is 398. The Morgan fingerprint density at radius 1 is 1.33 bits per heavy atom. The Kier molecular flexibility index (Phi) is 1.60. The van der Waals surface area contributed by atoms with Gasteiger partial charge in [0.2, 0.25) is 0 Å². The number of hydrogen-bond donors (Lipinski definition) is 2. The number of furan rings is 1. The van der Waals surface area contributed by atoms with Crippen molar-refractivity contribution >= 4 is 23.7 Å². The van der Waals surface area contributed by atoms with Crippen LogP contribution in [0.5, 0.6) is 0 Å². The van der Waals surface area contributed by atoms with Gasteiger partial charge >= 0.3 is 7.12 Å². The third-order valence-electron chi connectivity index (χ3n) is 1.65. The zero-order valence-electron chi connectivity index (χ0n) is 6.14. The van der Waals surface area contributed by atoms with E-state index < -0.39 is 7.12 Å². The van der Waals surface area contributed by atoms with E-state index in [9.17, 15) is 0 Å². The van der Waals surface area contributed by atoms with E-state index in [1.165, 1.54) is 18.5 Å². The third-order valence-corrected chi connectivity index (χ3v) is 1.65. The van der Waals surface area contributed by atoms with Gasteiger partial charge in [-0.25, -0.2) is 0 Å². The molecule has 0 atom stereocenters. The topological polar surface area (TPSA) is 66.5 Å². The van der Waals surface area contributed by atoms with Gasteiger partial charge in [-0.2, -0.15) is 0 Å². The van der Waals surface area contributed by atoms with Crippen molar-refractivity contribution in [3.8, 4) is 0 Å². The molecule has 0 radical (unpaired) electrons. The van der Waals surface area contributed by atoms with Gasteiger partial charge in [0.25, 0.3) is 0 Å². The second-order valence-electron chi connectivity index (χ2n) is 2.41. The number of fused-ring (bicyclic) bond motifs is 1. The molecule has 2 rings (SSSR count). The van der Waals surface area contributed by atoms with E-state index in [0.29, 0.717) is 16.6 Å². The number of pyridine rings is 1. The van der Waals surface area contributed by atoms with Crippen molar-refractivity contribution in [2.75, 3.05) is 0 Å². The molecule has 5 heteroatoms. The summed E-state index contributed by atoms with van der Waals surface area (Å²) >= 11 is 0. The van der Waals surface area contributed by atoms with Gasteiger partial charge in [0.1, 0.15) is 5.52 Å². The van der Waals surface area contributed by atoms with Crippen LogP contribution in [0.4, 0.5) is 0 Å². The fraction of sp³-hybridized carbons (Fsp3) is 0. The first-order valence-electron chi connectivity index (χ1n) is 3.47. The Hall–Kier alpha value is -1.33. The molecule has 12 heavy (non-hydrogen) atoms. The van der Waals surface area contributed by atoms with E-state index in [2.05, 4.69) is 4.98 Å². The van der Waals surface area contributed by atoms with E-state index >= 15 is 0 Å². The van der Waals surface area contributed by atoms with Crippen molar-refractivity contribution in [2.45, 2.75) is 0 Å². The molecule has 2 heterocycles. The number of aromatic nitrogens is 1. The molecule has 60 valence electrons. The van der Waals surface area contributed by atoms with E-state index in [1.807, 2.05) is 0 Å². The molecule has 0 bridgehead atoms. The Labute approximate surface area is 68.6 Å². The van der Waals surface area contributed by atoms with Gasteiger partial charge in [0.15, 0.2) is 5.58 Å². The highest BCUT2D eigenvalue weighted by Crippen LogP contribution is 2.08. The van der Waals surface area contributed by atoms with Crippen LogP contribution in [0.2, 0.25) is 0 Å². The van der Waals surface area contributed by atoms with Crippen molar-refractivity contribution < 1.29 is 14.5 Å². The molecule has 2 aromatic heterocycles. The van der Waals surface area contributed by atoms with Gasteiger partial charge in [0.05, 0.1) is 6.26 Å². The summed E-state index contributed by atoms with van der Waals surface area (Å²) in [6.45, 7) is 0. The summed E-state index contributed by atoms with van der Waals surface area (Å²) in [5, 5.41) is 17.8. The van der Waals surface area contributed by atoms with Crippen LogP contribution in [0.15, 0.2) is 29.0 Å². The molecule has 0 saturated carbocycles. The summed E-state index contributed by atoms with van der Waals surface area (Å²) in [6, 6.07) is 3.18. The number of nitrogens with zero attached hydrogens (tertiary/aromatic N) is 1. The summed E-state index contributed by atoms with van der Waals surface area (Å²) in [7, 11) is -1.51. The van der Waals surface area contributed by atoms with Crippen LogP contribution in [0.1, 0.15) is 0 Å². The molecule has 0 unspecified atom stereocenters. The monoisotopic (exact) mass is 163 g/mol. The van der Waals surface area contributed by atoms with Gasteiger partial charge in [-0.15, -0.1) is 0 Å². The molecule has 0 aromatic carbocycles. The van der Waals surface area contributed by atoms with Crippen molar-refractivity contribution in [1.82, 2.24) is 4.98 Å². The highest BCUT2D eigenvalue weighted by atomic mass is 16.4. The fourth-order valence-electron chi connectivity index (χ4n) is 1.10. The van der Waals surface area contributed by atoms with Crippen molar-refractivity contribution in [3.05, 3.63) is 24.6 Å². The fourth-order valence-corrected chi connectivity index (χ4v) is 1.10. The Morgan fingerprint density at radius 2 is 2.17 bits per heavy atom. The smallest absolute Gasteiger partial charge is 0.463 e. The first-order valence-corrected chi connectivity index (χ1v) is 3.47. The number of rotatable bonds is 1. The van der Waals surface area contributed by atoms with Crippen LogP contribution in [-0.4, -0.2) is 22.2 Å². The predicted molar refractivity (Wildman–Crippen MR) is 43.8 cm³/mol. The Morgan fingerprint density at radius 3 is 2.92 bits per heavy atom. The molecule has 0 aliphatic rings. The molecular weight excluding hydrogens is 157 g/mol. The van der Waals surface area contributed by atoms with Gasteiger partial charge < -0.3 is 14.5 Å². The standard InChI is InChI=1S/C7H6BNO3/c10-8(11)5-1-3-9-6-2-4-12-7(5)6/h1-4,10-11H. The molecule has 0 saturated heterocycles. The first kappa shape index (κ1) is 7.33. The molecule has 0 aliphatic carbocycles. The van der Waals surface area contributed by atoms with Gasteiger partial charge in [-0.1, -0.05) is 0 Å². The predicted octanol–water partition coefficient (Wildman–Crippen LogP) is -0.492. The average molecular weight is 163 g/mol. The Balaban J connectivity index is 2.73. The maximum atomic E-state index is 8.91. The summed E-state index contributed by atoms with van der Waals surface area (Å²) in [6.07, 6.45) is 2.97. The molecule has 2 aromatic rings. The van der Waals surface area contributed by atoms with Crippen LogP contribution < -0.4 is 5.46 Å². The summed E-state index contributed by atoms with van der Waals surface area (Å²) in [4.78, 5) is 3.97. The minimum Gasteiger partial charge on any atom is -0.463 e. The lowest BCUT2D eigenvalue weighted by atomic mass is 9.80. The zero-order valence-corrected chi connectivity index (χ0v) is 6.14. The lowest BCUT2D eigenvalue weighted by molar-refractivity contribution is 0.425. The van der Waals surface area contributed by atoms with Crippen molar-refractivity contribution in [1.29, 1.82) is 0 Å². The average Bonchev–Trinajstić information content (AvgIpc) is 2.49. The molecule has 0 amide bonds. The van der Waals surface area contributed by atoms with Gasteiger partial charge in [-0.3, -0.25) is 4.98 Å². The molecule has 0 fully saturated rings. The van der Waals surface area contributed by atoms with Crippen molar-refractivity contribution in [3.63, 3.8) is 0 Å². The maximum absolute atomic E-state index is 8.91. The normalized spacial score (nSPS) is 10.5. The first-order chi connectivity index (χ1) is 5.79. The van der Waals surface area contributed by atoms with Gasteiger partial charge in [-0.05, 0) is 6.07 Å². The van der Waals surface area contributed by atoms with Gasteiger partial charge in [0, 0.05) is 17.7 Å². The third kappa shape index (κ3) is 0.994. The zero-order chi connectivity index (χ0) is 8.55. The second kappa shape index (κ2) is 2.62. The van der Waals surface area contributed by atoms with Crippen LogP contribution in [-0.2, 0) is 0 Å². The minimum absolute atomic E-state index is 0.338. The van der Waals surface area contributed by atoms with Crippen LogP contribution in [0, 0.1) is 0 Å². The van der Waals surface area contributed by atoms with Crippen LogP contribution >= 0.6 is 0 Å². The quantitative estimate of drug-likeness (QED) is 0.556. The van der Waals surface area contributed by atoms with Crippen molar-refractivity contribution in [2.24, 2.45) is 0 Å². The SMILES string of the molecule is OB(O)c1ccnc2ccoc12. The molecular formula is C7H6BNO3. The second-order valence-corrected chi connectivity index (χ2v) is 2.41. The summed E-state index contributed by atoms with van der Waals surface area (Å²) in [5.41, 5.74) is 1.39.